The molecule has 0 unspecified atom stereocenters. The first kappa shape index (κ1) is 13.5. The van der Waals surface area contributed by atoms with Gasteiger partial charge < -0.3 is 10.3 Å². The van der Waals surface area contributed by atoms with Gasteiger partial charge in [-0.1, -0.05) is 18.5 Å². The predicted molar refractivity (Wildman–Crippen MR) is 86.6 cm³/mol. The number of aryl methyl sites for hydroxylation is 1. The Balaban J connectivity index is 2.08. The van der Waals surface area contributed by atoms with Gasteiger partial charge in [0.1, 0.15) is 5.82 Å². The molecule has 0 saturated carbocycles. The molecule has 104 valence electrons. The van der Waals surface area contributed by atoms with Crippen molar-refractivity contribution in [3.63, 3.8) is 0 Å². The van der Waals surface area contributed by atoms with Crippen molar-refractivity contribution < 1.29 is 0 Å². The normalized spacial score (nSPS) is 11.3. The maximum Gasteiger partial charge on any atom is 0.110 e. The second-order valence-corrected chi connectivity index (χ2v) is 6.62. The molecule has 3 rings (SSSR count). The van der Waals surface area contributed by atoms with Crippen LogP contribution in [0.5, 0.6) is 0 Å². The number of fused-ring (bicyclic) bond motifs is 1. The summed E-state index contributed by atoms with van der Waals surface area (Å²) >= 11 is 7.63. The van der Waals surface area contributed by atoms with Gasteiger partial charge in [-0.2, -0.15) is 0 Å². The van der Waals surface area contributed by atoms with Crippen molar-refractivity contribution in [2.75, 3.05) is 5.73 Å². The number of imidazole rings is 1. The summed E-state index contributed by atoms with van der Waals surface area (Å²) in [6, 6.07) is 9.93. The van der Waals surface area contributed by atoms with Crippen LogP contribution >= 0.6 is 22.9 Å². The number of thiophene rings is 1. The molecule has 2 aromatic heterocycles. The molecule has 0 saturated heterocycles. The topological polar surface area (TPSA) is 43.8 Å². The number of hydrogen-bond donors (Lipinski definition) is 1. The highest BCUT2D eigenvalue weighted by molar-refractivity contribution is 7.16. The zero-order valence-corrected chi connectivity index (χ0v) is 12.8. The Kier molecular flexibility index (Phi) is 3.68. The smallest absolute Gasteiger partial charge is 0.110 e. The third kappa shape index (κ3) is 2.53. The van der Waals surface area contributed by atoms with Gasteiger partial charge in [0, 0.05) is 17.0 Å². The molecule has 0 aliphatic rings. The highest BCUT2D eigenvalue weighted by Gasteiger charge is 2.11. The SMILES string of the molecule is CCCc1nc2cc(N)ccc2n1Cc1ccc(Cl)s1. The minimum absolute atomic E-state index is 0.754. The molecule has 0 aliphatic carbocycles. The van der Waals surface area contributed by atoms with E-state index in [1.807, 2.05) is 24.3 Å². The molecule has 0 bridgehead atoms. The van der Waals surface area contributed by atoms with Crippen LogP contribution in [0.4, 0.5) is 5.69 Å². The molecular formula is C15H16ClN3S. The van der Waals surface area contributed by atoms with Crippen molar-refractivity contribution in [1.82, 2.24) is 9.55 Å². The summed E-state index contributed by atoms with van der Waals surface area (Å²) in [6.45, 7) is 2.98. The lowest BCUT2D eigenvalue weighted by Crippen LogP contribution is -2.03. The third-order valence-electron chi connectivity index (χ3n) is 3.27. The number of benzene rings is 1. The summed E-state index contributed by atoms with van der Waals surface area (Å²) in [7, 11) is 0. The van der Waals surface area contributed by atoms with Gasteiger partial charge in [-0.15, -0.1) is 11.3 Å². The van der Waals surface area contributed by atoms with Crippen LogP contribution in [0, 0.1) is 0 Å². The Morgan fingerprint density at radius 2 is 2.15 bits per heavy atom. The number of rotatable bonds is 4. The molecule has 3 nitrogen and oxygen atoms in total. The van der Waals surface area contributed by atoms with E-state index in [4.69, 9.17) is 22.3 Å². The fourth-order valence-electron chi connectivity index (χ4n) is 2.38. The van der Waals surface area contributed by atoms with Gasteiger partial charge in [-0.3, -0.25) is 0 Å². The van der Waals surface area contributed by atoms with Crippen LogP contribution in [0.3, 0.4) is 0 Å². The number of hydrogen-bond acceptors (Lipinski definition) is 3. The van der Waals surface area contributed by atoms with Gasteiger partial charge in [0.2, 0.25) is 0 Å². The molecule has 5 heteroatoms. The van der Waals surface area contributed by atoms with E-state index in [0.717, 1.165) is 46.3 Å². The fourth-order valence-corrected chi connectivity index (χ4v) is 3.46. The first-order chi connectivity index (χ1) is 9.67. The lowest BCUT2D eigenvalue weighted by atomic mass is 10.3. The van der Waals surface area contributed by atoms with Crippen molar-refractivity contribution in [2.45, 2.75) is 26.3 Å². The van der Waals surface area contributed by atoms with Gasteiger partial charge in [-0.05, 0) is 36.8 Å². The van der Waals surface area contributed by atoms with E-state index in [0.29, 0.717) is 0 Å². The summed E-state index contributed by atoms with van der Waals surface area (Å²) in [4.78, 5) is 5.96. The summed E-state index contributed by atoms with van der Waals surface area (Å²) in [5.41, 5.74) is 8.70. The van der Waals surface area contributed by atoms with Crippen LogP contribution < -0.4 is 5.73 Å². The van der Waals surface area contributed by atoms with Crippen molar-refractivity contribution in [3.05, 3.63) is 45.4 Å². The Labute approximate surface area is 127 Å². The second-order valence-electron chi connectivity index (χ2n) is 4.82. The average Bonchev–Trinajstić information content (AvgIpc) is 2.95. The maximum atomic E-state index is 6.02. The lowest BCUT2D eigenvalue weighted by molar-refractivity contribution is 0.728. The van der Waals surface area contributed by atoms with Crippen molar-refractivity contribution in [2.24, 2.45) is 0 Å². The van der Waals surface area contributed by atoms with E-state index in [1.54, 1.807) is 11.3 Å². The quantitative estimate of drug-likeness (QED) is 0.729. The van der Waals surface area contributed by atoms with Crippen LogP contribution in [-0.2, 0) is 13.0 Å². The monoisotopic (exact) mass is 305 g/mol. The highest BCUT2D eigenvalue weighted by Crippen LogP contribution is 2.26. The zero-order chi connectivity index (χ0) is 14.1. The standard InChI is InChI=1S/C15H16ClN3S/c1-2-3-15-18-12-8-10(17)4-6-13(12)19(15)9-11-5-7-14(16)20-11/h4-8H,2-3,9,17H2,1H3. The molecule has 0 aliphatic heterocycles. The molecule has 2 heterocycles. The van der Waals surface area contributed by atoms with Crippen LogP contribution in [0.2, 0.25) is 4.34 Å². The molecule has 2 N–H and O–H groups in total. The van der Waals surface area contributed by atoms with E-state index in [-0.39, 0.29) is 0 Å². The van der Waals surface area contributed by atoms with Crippen LogP contribution in [0.1, 0.15) is 24.0 Å². The van der Waals surface area contributed by atoms with Gasteiger partial charge in [0.05, 0.1) is 21.9 Å². The minimum Gasteiger partial charge on any atom is -0.399 e. The highest BCUT2D eigenvalue weighted by atomic mass is 35.5. The fraction of sp³-hybridized carbons (Fsp3) is 0.267. The number of nitrogen functional groups attached to an aromatic ring is 1. The predicted octanol–water partition coefficient (Wildman–Crippen LogP) is 4.33. The number of nitrogens with zero attached hydrogens (tertiary/aromatic N) is 2. The van der Waals surface area contributed by atoms with Gasteiger partial charge in [0.15, 0.2) is 0 Å². The van der Waals surface area contributed by atoms with Crippen LogP contribution in [0.25, 0.3) is 11.0 Å². The molecule has 0 amide bonds. The summed E-state index contributed by atoms with van der Waals surface area (Å²) in [5.74, 6) is 1.11. The first-order valence-electron chi connectivity index (χ1n) is 6.66. The maximum absolute atomic E-state index is 6.02. The number of nitrogens with two attached hydrogens (primary N) is 1. The van der Waals surface area contributed by atoms with Gasteiger partial charge >= 0.3 is 0 Å². The van der Waals surface area contributed by atoms with E-state index < -0.39 is 0 Å². The number of aromatic nitrogens is 2. The van der Waals surface area contributed by atoms with E-state index >= 15 is 0 Å². The molecule has 0 atom stereocenters. The Morgan fingerprint density at radius 3 is 2.85 bits per heavy atom. The molecular weight excluding hydrogens is 290 g/mol. The molecule has 1 aromatic carbocycles. The zero-order valence-electron chi connectivity index (χ0n) is 11.3. The summed E-state index contributed by atoms with van der Waals surface area (Å²) in [6.07, 6.45) is 2.04. The van der Waals surface area contributed by atoms with Gasteiger partial charge in [-0.25, -0.2) is 4.98 Å². The molecule has 0 spiro atoms. The van der Waals surface area contributed by atoms with Crippen LogP contribution in [-0.4, -0.2) is 9.55 Å². The number of halogens is 1. The van der Waals surface area contributed by atoms with E-state index in [1.165, 1.54) is 4.88 Å². The van der Waals surface area contributed by atoms with E-state index in [2.05, 4.69) is 17.6 Å². The van der Waals surface area contributed by atoms with Crippen molar-refractivity contribution in [1.29, 1.82) is 0 Å². The molecule has 20 heavy (non-hydrogen) atoms. The Hall–Kier alpha value is -1.52. The lowest BCUT2D eigenvalue weighted by Gasteiger charge is -2.07. The molecule has 3 aromatic rings. The third-order valence-corrected chi connectivity index (χ3v) is 4.48. The van der Waals surface area contributed by atoms with Crippen molar-refractivity contribution in [3.8, 4) is 0 Å². The Morgan fingerprint density at radius 1 is 1.30 bits per heavy atom. The molecule has 0 radical (unpaired) electrons. The summed E-state index contributed by atoms with van der Waals surface area (Å²) < 4.78 is 3.09. The van der Waals surface area contributed by atoms with Gasteiger partial charge in [0.25, 0.3) is 0 Å². The second kappa shape index (κ2) is 5.46. The number of anilines is 1. The summed E-state index contributed by atoms with van der Waals surface area (Å²) in [5, 5.41) is 0. The Bertz CT molecular complexity index is 745. The molecule has 0 fully saturated rings. The average molecular weight is 306 g/mol. The minimum atomic E-state index is 0.754. The largest absolute Gasteiger partial charge is 0.399 e. The van der Waals surface area contributed by atoms with E-state index in [9.17, 15) is 0 Å². The van der Waals surface area contributed by atoms with Crippen LogP contribution in [0.15, 0.2) is 30.3 Å². The first-order valence-corrected chi connectivity index (χ1v) is 7.85. The van der Waals surface area contributed by atoms with Crippen molar-refractivity contribution >= 4 is 39.7 Å².